The van der Waals surface area contributed by atoms with E-state index >= 15 is 0 Å². The Morgan fingerprint density at radius 1 is 0.938 bits per heavy atom. The molecule has 0 spiro atoms. The number of ether oxygens (including phenoxy) is 1. The van der Waals surface area contributed by atoms with Crippen LogP contribution in [0.1, 0.15) is 0 Å². The fourth-order valence-electron chi connectivity index (χ4n) is 1.21. The first-order chi connectivity index (χ1) is 7.65. The standard InChI is InChI=1S/C12H9ClO3/c13-8-1-4-10(5-2-8)16-12-7-9(14)3-6-11(12)15/h1-7,14-15H. The summed E-state index contributed by atoms with van der Waals surface area (Å²) in [4.78, 5) is 0. The summed E-state index contributed by atoms with van der Waals surface area (Å²) in [5.41, 5.74) is 0. The van der Waals surface area contributed by atoms with Gasteiger partial charge in [-0.1, -0.05) is 11.6 Å². The SMILES string of the molecule is Oc1ccc(O)c(Oc2ccc(Cl)cc2)c1. The molecule has 4 heteroatoms. The van der Waals surface area contributed by atoms with Crippen molar-refractivity contribution in [2.45, 2.75) is 0 Å². The number of halogens is 1. The summed E-state index contributed by atoms with van der Waals surface area (Å²) >= 11 is 5.73. The molecule has 0 aliphatic heterocycles. The predicted octanol–water partition coefficient (Wildman–Crippen LogP) is 3.54. The second-order valence-corrected chi connectivity index (χ2v) is 3.64. The van der Waals surface area contributed by atoms with Gasteiger partial charge in [0.05, 0.1) is 0 Å². The normalized spacial score (nSPS) is 10.1. The first-order valence-electron chi connectivity index (χ1n) is 4.60. The first kappa shape index (κ1) is 10.6. The number of hydrogen-bond donors (Lipinski definition) is 2. The van der Waals surface area contributed by atoms with Crippen LogP contribution in [-0.4, -0.2) is 10.2 Å². The second-order valence-electron chi connectivity index (χ2n) is 3.21. The van der Waals surface area contributed by atoms with Crippen molar-refractivity contribution in [3.8, 4) is 23.0 Å². The third-order valence-electron chi connectivity index (χ3n) is 1.98. The highest BCUT2D eigenvalue weighted by Crippen LogP contribution is 2.33. The van der Waals surface area contributed by atoms with Crippen molar-refractivity contribution in [1.82, 2.24) is 0 Å². The third-order valence-corrected chi connectivity index (χ3v) is 2.24. The van der Waals surface area contributed by atoms with Crippen LogP contribution in [0.2, 0.25) is 5.02 Å². The van der Waals surface area contributed by atoms with Crippen molar-refractivity contribution < 1.29 is 14.9 Å². The third kappa shape index (κ3) is 2.38. The minimum absolute atomic E-state index is 0.0294. The van der Waals surface area contributed by atoms with Crippen LogP contribution in [0.15, 0.2) is 42.5 Å². The highest BCUT2D eigenvalue weighted by atomic mass is 35.5. The number of hydrogen-bond acceptors (Lipinski definition) is 3. The molecule has 0 aliphatic carbocycles. The Balaban J connectivity index is 2.26. The minimum Gasteiger partial charge on any atom is -0.508 e. The van der Waals surface area contributed by atoms with E-state index < -0.39 is 0 Å². The quantitative estimate of drug-likeness (QED) is 0.784. The Hall–Kier alpha value is -1.87. The summed E-state index contributed by atoms with van der Waals surface area (Å²) < 4.78 is 5.38. The number of phenols is 2. The molecule has 3 nitrogen and oxygen atoms in total. The topological polar surface area (TPSA) is 49.7 Å². The smallest absolute Gasteiger partial charge is 0.172 e. The lowest BCUT2D eigenvalue weighted by Gasteiger charge is -2.07. The van der Waals surface area contributed by atoms with Crippen LogP contribution in [0.5, 0.6) is 23.0 Å². The second kappa shape index (κ2) is 4.33. The monoisotopic (exact) mass is 236 g/mol. The van der Waals surface area contributed by atoms with E-state index in [1.807, 2.05) is 0 Å². The van der Waals surface area contributed by atoms with E-state index in [4.69, 9.17) is 16.3 Å². The summed E-state index contributed by atoms with van der Waals surface area (Å²) in [7, 11) is 0. The van der Waals surface area contributed by atoms with Crippen molar-refractivity contribution >= 4 is 11.6 Å². The molecule has 0 amide bonds. The maximum absolute atomic E-state index is 9.49. The molecule has 2 aromatic rings. The zero-order valence-corrected chi connectivity index (χ0v) is 8.98. The van der Waals surface area contributed by atoms with E-state index in [0.29, 0.717) is 10.8 Å². The van der Waals surface area contributed by atoms with Crippen LogP contribution < -0.4 is 4.74 Å². The van der Waals surface area contributed by atoms with Crippen molar-refractivity contribution in [2.24, 2.45) is 0 Å². The van der Waals surface area contributed by atoms with Gasteiger partial charge in [-0.25, -0.2) is 0 Å². The van der Waals surface area contributed by atoms with Gasteiger partial charge in [0, 0.05) is 11.1 Å². The molecule has 0 heterocycles. The molecule has 2 aromatic carbocycles. The molecule has 0 unspecified atom stereocenters. The maximum Gasteiger partial charge on any atom is 0.172 e. The summed E-state index contributed by atoms with van der Waals surface area (Å²) in [5, 5.41) is 19.3. The molecule has 0 aliphatic rings. The molecule has 16 heavy (non-hydrogen) atoms. The summed E-state index contributed by atoms with van der Waals surface area (Å²) in [6.07, 6.45) is 0. The zero-order chi connectivity index (χ0) is 11.5. The molecule has 0 fully saturated rings. The largest absolute Gasteiger partial charge is 0.508 e. The molecule has 0 radical (unpaired) electrons. The molecule has 0 saturated carbocycles. The minimum atomic E-state index is -0.0345. The highest BCUT2D eigenvalue weighted by Gasteiger charge is 2.04. The van der Waals surface area contributed by atoms with Crippen LogP contribution in [0.3, 0.4) is 0 Å². The molecule has 0 atom stereocenters. The lowest BCUT2D eigenvalue weighted by molar-refractivity contribution is 0.403. The van der Waals surface area contributed by atoms with Crippen molar-refractivity contribution in [3.63, 3.8) is 0 Å². The van der Waals surface area contributed by atoms with Gasteiger partial charge in [0.2, 0.25) is 0 Å². The highest BCUT2D eigenvalue weighted by molar-refractivity contribution is 6.30. The van der Waals surface area contributed by atoms with Crippen molar-refractivity contribution in [2.75, 3.05) is 0 Å². The van der Waals surface area contributed by atoms with Gasteiger partial charge in [-0.3, -0.25) is 0 Å². The molecule has 2 N–H and O–H groups in total. The summed E-state index contributed by atoms with van der Waals surface area (Å²) in [6, 6.07) is 10.8. The van der Waals surface area contributed by atoms with Crippen LogP contribution in [0.25, 0.3) is 0 Å². The molecule has 82 valence electrons. The Morgan fingerprint density at radius 2 is 1.62 bits per heavy atom. The van der Waals surface area contributed by atoms with Crippen LogP contribution in [0.4, 0.5) is 0 Å². The van der Waals surface area contributed by atoms with Gasteiger partial charge in [0.25, 0.3) is 0 Å². The van der Waals surface area contributed by atoms with Crippen molar-refractivity contribution in [1.29, 1.82) is 0 Å². The lowest BCUT2D eigenvalue weighted by atomic mass is 10.3. The van der Waals surface area contributed by atoms with Gasteiger partial charge in [-0.05, 0) is 36.4 Å². The number of aromatic hydroxyl groups is 2. The van der Waals surface area contributed by atoms with E-state index in [0.717, 1.165) is 0 Å². The molecule has 2 rings (SSSR count). The van der Waals surface area contributed by atoms with Gasteiger partial charge < -0.3 is 14.9 Å². The van der Waals surface area contributed by atoms with Gasteiger partial charge in [-0.15, -0.1) is 0 Å². The molecular weight excluding hydrogens is 228 g/mol. The van der Waals surface area contributed by atoms with E-state index in [1.165, 1.54) is 18.2 Å². The van der Waals surface area contributed by atoms with Gasteiger partial charge in [0.15, 0.2) is 11.5 Å². The number of phenolic OH excluding ortho intramolecular Hbond substituents is 2. The zero-order valence-electron chi connectivity index (χ0n) is 8.22. The molecule has 0 bridgehead atoms. The average Bonchev–Trinajstić information content (AvgIpc) is 2.27. The van der Waals surface area contributed by atoms with E-state index in [1.54, 1.807) is 24.3 Å². The molecule has 0 saturated heterocycles. The fraction of sp³-hybridized carbons (Fsp3) is 0. The summed E-state index contributed by atoms with van der Waals surface area (Å²) in [5.74, 6) is 0.724. The number of benzene rings is 2. The van der Waals surface area contributed by atoms with E-state index in [9.17, 15) is 10.2 Å². The van der Waals surface area contributed by atoms with Crippen LogP contribution in [0, 0.1) is 0 Å². The first-order valence-corrected chi connectivity index (χ1v) is 4.98. The maximum atomic E-state index is 9.49. The van der Waals surface area contributed by atoms with Gasteiger partial charge in [0.1, 0.15) is 11.5 Å². The Bertz CT molecular complexity index is 494. The average molecular weight is 237 g/mol. The van der Waals surface area contributed by atoms with E-state index in [-0.39, 0.29) is 17.2 Å². The molecular formula is C12H9ClO3. The fourth-order valence-corrected chi connectivity index (χ4v) is 1.34. The molecule has 0 aromatic heterocycles. The lowest BCUT2D eigenvalue weighted by Crippen LogP contribution is -1.84. The Kier molecular flexibility index (Phi) is 2.88. The predicted molar refractivity (Wildman–Crippen MR) is 61.3 cm³/mol. The van der Waals surface area contributed by atoms with Gasteiger partial charge in [-0.2, -0.15) is 0 Å². The number of rotatable bonds is 2. The Labute approximate surface area is 97.5 Å². The summed E-state index contributed by atoms with van der Waals surface area (Å²) in [6.45, 7) is 0. The van der Waals surface area contributed by atoms with Crippen LogP contribution >= 0.6 is 11.6 Å². The Morgan fingerprint density at radius 3 is 2.31 bits per heavy atom. The van der Waals surface area contributed by atoms with Gasteiger partial charge >= 0.3 is 0 Å². The van der Waals surface area contributed by atoms with E-state index in [2.05, 4.69) is 0 Å². The van der Waals surface area contributed by atoms with Crippen LogP contribution in [-0.2, 0) is 0 Å². The van der Waals surface area contributed by atoms with Crippen molar-refractivity contribution in [3.05, 3.63) is 47.5 Å².